The van der Waals surface area contributed by atoms with Gasteiger partial charge in [-0.05, 0) is 24.1 Å². The molecule has 2 aromatic rings. The Labute approximate surface area is 112 Å². The van der Waals surface area contributed by atoms with Crippen LogP contribution < -0.4 is 0 Å². The van der Waals surface area contributed by atoms with E-state index in [9.17, 15) is 0 Å². The van der Waals surface area contributed by atoms with E-state index >= 15 is 0 Å². The van der Waals surface area contributed by atoms with Crippen molar-refractivity contribution in [1.29, 1.82) is 5.26 Å². The zero-order valence-corrected chi connectivity index (χ0v) is 11.0. The van der Waals surface area contributed by atoms with Crippen LogP contribution in [0.3, 0.4) is 0 Å². The fraction of sp³-hybridized carbons (Fsp3) is 0.286. The van der Waals surface area contributed by atoms with Gasteiger partial charge in [0.05, 0.1) is 24.5 Å². The van der Waals surface area contributed by atoms with Crippen LogP contribution in [0.15, 0.2) is 30.7 Å². The van der Waals surface area contributed by atoms with Gasteiger partial charge in [0, 0.05) is 16.9 Å². The van der Waals surface area contributed by atoms with E-state index < -0.39 is 0 Å². The number of nitrogens with zero attached hydrogens (tertiary/aromatic N) is 3. The van der Waals surface area contributed by atoms with Gasteiger partial charge >= 0.3 is 0 Å². The molecule has 0 fully saturated rings. The van der Waals surface area contributed by atoms with E-state index in [0.29, 0.717) is 17.1 Å². The van der Waals surface area contributed by atoms with Gasteiger partial charge in [0.2, 0.25) is 0 Å². The minimum absolute atomic E-state index is 0.586. The van der Waals surface area contributed by atoms with Crippen molar-refractivity contribution < 1.29 is 0 Å². The molecule has 0 saturated carbocycles. The third-order valence-electron chi connectivity index (χ3n) is 2.83. The molecule has 0 N–H and O–H groups in total. The molecule has 0 aliphatic rings. The van der Waals surface area contributed by atoms with Crippen molar-refractivity contribution in [2.75, 3.05) is 0 Å². The van der Waals surface area contributed by atoms with Gasteiger partial charge in [-0.15, -0.1) is 0 Å². The molecule has 0 radical (unpaired) electrons. The average Bonchev–Trinajstić information content (AvgIpc) is 2.80. The van der Waals surface area contributed by atoms with Crippen LogP contribution in [0.5, 0.6) is 0 Å². The predicted octanol–water partition coefficient (Wildman–Crippen LogP) is 3.41. The van der Waals surface area contributed by atoms with Crippen molar-refractivity contribution in [3.8, 4) is 6.07 Å². The van der Waals surface area contributed by atoms with Crippen LogP contribution in [0.1, 0.15) is 30.2 Å². The fourth-order valence-electron chi connectivity index (χ4n) is 1.88. The highest BCUT2D eigenvalue weighted by molar-refractivity contribution is 6.31. The number of benzene rings is 1. The van der Waals surface area contributed by atoms with Crippen LogP contribution in [0.4, 0.5) is 0 Å². The summed E-state index contributed by atoms with van der Waals surface area (Å²) < 4.78 is 2.09. The van der Waals surface area contributed by atoms with Crippen LogP contribution in [0, 0.1) is 11.3 Å². The summed E-state index contributed by atoms with van der Waals surface area (Å²) in [4.78, 5) is 4.17. The number of rotatable bonds is 4. The summed E-state index contributed by atoms with van der Waals surface area (Å²) in [6, 6.07) is 7.47. The lowest BCUT2D eigenvalue weighted by Gasteiger charge is -2.09. The van der Waals surface area contributed by atoms with Crippen molar-refractivity contribution >= 4 is 11.6 Å². The van der Waals surface area contributed by atoms with Crippen molar-refractivity contribution in [1.82, 2.24) is 9.55 Å². The lowest BCUT2D eigenvalue weighted by atomic mass is 10.1. The summed E-state index contributed by atoms with van der Waals surface area (Å²) in [6.07, 6.45) is 5.81. The molecule has 0 aliphatic carbocycles. The molecule has 1 aromatic carbocycles. The topological polar surface area (TPSA) is 41.6 Å². The number of aromatic nitrogens is 2. The lowest BCUT2D eigenvalue weighted by molar-refractivity contribution is 0.723. The summed E-state index contributed by atoms with van der Waals surface area (Å²) in [5.74, 6) is 0. The summed E-state index contributed by atoms with van der Waals surface area (Å²) in [5.41, 5.74) is 2.80. The molecule has 0 bridgehead atoms. The first-order valence-corrected chi connectivity index (χ1v) is 6.30. The Morgan fingerprint density at radius 2 is 2.28 bits per heavy atom. The first-order valence-electron chi connectivity index (χ1n) is 5.92. The molecule has 0 saturated heterocycles. The van der Waals surface area contributed by atoms with Crippen molar-refractivity contribution in [3.05, 3.63) is 52.6 Å². The highest BCUT2D eigenvalue weighted by Gasteiger charge is 2.06. The van der Waals surface area contributed by atoms with Gasteiger partial charge in [-0.1, -0.05) is 31.0 Å². The van der Waals surface area contributed by atoms with Gasteiger partial charge in [0.15, 0.2) is 0 Å². The molecule has 0 aliphatic heterocycles. The van der Waals surface area contributed by atoms with Gasteiger partial charge in [0.1, 0.15) is 0 Å². The molecule has 4 heteroatoms. The third kappa shape index (κ3) is 2.72. The molecule has 0 unspecified atom stereocenters. The Hall–Kier alpha value is -1.79. The van der Waals surface area contributed by atoms with Gasteiger partial charge < -0.3 is 4.57 Å². The second-order valence-electron chi connectivity index (χ2n) is 4.18. The number of halogens is 1. The van der Waals surface area contributed by atoms with Gasteiger partial charge in [-0.3, -0.25) is 0 Å². The van der Waals surface area contributed by atoms with Gasteiger partial charge in [-0.2, -0.15) is 5.26 Å². The van der Waals surface area contributed by atoms with Crippen molar-refractivity contribution in [3.63, 3.8) is 0 Å². The van der Waals surface area contributed by atoms with Crippen LogP contribution in [-0.2, 0) is 13.0 Å². The first-order chi connectivity index (χ1) is 8.74. The average molecular weight is 260 g/mol. The molecule has 92 valence electrons. The predicted molar refractivity (Wildman–Crippen MR) is 71.5 cm³/mol. The SMILES string of the molecule is CCCc1cncn1Cc1ccc(C#N)cc1Cl. The van der Waals surface area contributed by atoms with Crippen LogP contribution in [0.2, 0.25) is 5.02 Å². The molecular formula is C14H14ClN3. The summed E-state index contributed by atoms with van der Waals surface area (Å²) in [5, 5.41) is 9.43. The van der Waals surface area contributed by atoms with Crippen molar-refractivity contribution in [2.24, 2.45) is 0 Å². The van der Waals surface area contributed by atoms with Crippen LogP contribution >= 0.6 is 11.6 Å². The number of aryl methyl sites for hydroxylation is 1. The molecule has 3 nitrogen and oxygen atoms in total. The fourth-order valence-corrected chi connectivity index (χ4v) is 2.12. The summed E-state index contributed by atoms with van der Waals surface area (Å²) >= 11 is 6.17. The Balaban J connectivity index is 2.23. The molecular weight excluding hydrogens is 246 g/mol. The van der Waals surface area contributed by atoms with E-state index in [1.54, 1.807) is 12.1 Å². The molecule has 1 aromatic heterocycles. The second-order valence-corrected chi connectivity index (χ2v) is 4.59. The number of imidazole rings is 1. The smallest absolute Gasteiger partial charge is 0.0992 e. The molecule has 0 amide bonds. The minimum Gasteiger partial charge on any atom is -0.330 e. The Morgan fingerprint density at radius 1 is 1.44 bits per heavy atom. The quantitative estimate of drug-likeness (QED) is 0.844. The normalized spacial score (nSPS) is 10.3. The summed E-state index contributed by atoms with van der Waals surface area (Å²) in [6.45, 7) is 2.84. The third-order valence-corrected chi connectivity index (χ3v) is 3.18. The molecule has 18 heavy (non-hydrogen) atoms. The maximum Gasteiger partial charge on any atom is 0.0992 e. The van der Waals surface area contributed by atoms with E-state index in [1.807, 2.05) is 18.6 Å². The second kappa shape index (κ2) is 5.70. The Bertz CT molecular complexity index is 581. The van der Waals surface area contributed by atoms with Crippen LogP contribution in [0.25, 0.3) is 0 Å². The van der Waals surface area contributed by atoms with E-state index in [2.05, 4.69) is 22.5 Å². The standard InChI is InChI=1S/C14H14ClN3/c1-2-3-13-8-17-10-18(13)9-12-5-4-11(7-16)6-14(12)15/h4-6,8,10H,2-3,9H2,1H3. The molecule has 0 spiro atoms. The Kier molecular flexibility index (Phi) is 4.01. The maximum absolute atomic E-state index is 8.80. The van der Waals surface area contributed by atoms with E-state index in [0.717, 1.165) is 18.4 Å². The molecule has 1 heterocycles. The first kappa shape index (κ1) is 12.7. The highest BCUT2D eigenvalue weighted by atomic mass is 35.5. The molecule has 2 rings (SSSR count). The van der Waals surface area contributed by atoms with Gasteiger partial charge in [0.25, 0.3) is 0 Å². The van der Waals surface area contributed by atoms with Gasteiger partial charge in [-0.25, -0.2) is 4.98 Å². The van der Waals surface area contributed by atoms with E-state index in [1.165, 1.54) is 5.69 Å². The van der Waals surface area contributed by atoms with E-state index in [-0.39, 0.29) is 0 Å². The van der Waals surface area contributed by atoms with E-state index in [4.69, 9.17) is 16.9 Å². The number of hydrogen-bond acceptors (Lipinski definition) is 2. The van der Waals surface area contributed by atoms with Crippen molar-refractivity contribution in [2.45, 2.75) is 26.3 Å². The maximum atomic E-state index is 8.80. The minimum atomic E-state index is 0.586. The lowest BCUT2D eigenvalue weighted by Crippen LogP contribution is -2.03. The van der Waals surface area contributed by atoms with Crippen LogP contribution in [-0.4, -0.2) is 9.55 Å². The zero-order chi connectivity index (χ0) is 13.0. The number of nitriles is 1. The monoisotopic (exact) mass is 259 g/mol. The summed E-state index contributed by atoms with van der Waals surface area (Å²) in [7, 11) is 0. The largest absolute Gasteiger partial charge is 0.330 e. The Morgan fingerprint density at radius 3 is 2.94 bits per heavy atom. The molecule has 0 atom stereocenters. The highest BCUT2D eigenvalue weighted by Crippen LogP contribution is 2.19. The number of hydrogen-bond donors (Lipinski definition) is 0. The zero-order valence-electron chi connectivity index (χ0n) is 10.2.